The Morgan fingerprint density at radius 3 is 2.35 bits per heavy atom. The van der Waals surface area contributed by atoms with E-state index in [0.717, 1.165) is 6.42 Å². The van der Waals surface area contributed by atoms with Crippen LogP contribution in [0.1, 0.15) is 48.1 Å². The lowest BCUT2D eigenvalue weighted by Gasteiger charge is -2.19. The van der Waals surface area contributed by atoms with Crippen LogP contribution in [0.25, 0.3) is 0 Å². The van der Waals surface area contributed by atoms with Gasteiger partial charge in [-0.2, -0.15) is 0 Å². The first-order valence-electron chi connectivity index (χ1n) is 7.28. The number of nitrogens with one attached hydrogen (secondary N) is 1. The van der Waals surface area contributed by atoms with Crippen molar-refractivity contribution in [3.8, 4) is 0 Å². The third-order valence-electron chi connectivity index (χ3n) is 3.87. The molecule has 0 aliphatic rings. The molecule has 0 amide bonds. The molecule has 2 rings (SSSR count). The Balaban J connectivity index is 2.16. The summed E-state index contributed by atoms with van der Waals surface area (Å²) < 4.78 is 0. The number of aryl methyl sites for hydroxylation is 1. The van der Waals surface area contributed by atoms with Crippen molar-refractivity contribution in [2.24, 2.45) is 0 Å². The van der Waals surface area contributed by atoms with Gasteiger partial charge < -0.3 is 5.32 Å². The highest BCUT2D eigenvalue weighted by atomic mass is 14.9. The molecule has 0 aliphatic heterocycles. The highest BCUT2D eigenvalue weighted by molar-refractivity contribution is 5.30. The fourth-order valence-corrected chi connectivity index (χ4v) is 2.52. The van der Waals surface area contributed by atoms with Crippen LogP contribution in [0, 0.1) is 6.92 Å². The highest BCUT2D eigenvalue weighted by Crippen LogP contribution is 2.22. The average molecular weight is 268 g/mol. The van der Waals surface area contributed by atoms with Gasteiger partial charge in [0.1, 0.15) is 0 Å². The Morgan fingerprint density at radius 1 is 1.10 bits per heavy atom. The number of nitrogens with zero attached hydrogens (tertiary/aromatic N) is 1. The molecule has 0 fully saturated rings. The zero-order valence-corrected chi connectivity index (χ0v) is 12.9. The molecule has 1 atom stereocenters. The van der Waals surface area contributed by atoms with Crippen molar-refractivity contribution in [2.75, 3.05) is 7.05 Å². The number of pyridine rings is 1. The first-order chi connectivity index (χ1) is 9.61. The predicted molar refractivity (Wildman–Crippen MR) is 85.0 cm³/mol. The van der Waals surface area contributed by atoms with Gasteiger partial charge in [0.25, 0.3) is 0 Å². The summed E-state index contributed by atoms with van der Waals surface area (Å²) in [6.07, 6.45) is 4.80. The monoisotopic (exact) mass is 268 g/mol. The van der Waals surface area contributed by atoms with Crippen LogP contribution in [-0.2, 0) is 6.42 Å². The van der Waals surface area contributed by atoms with Gasteiger partial charge in [-0.25, -0.2) is 0 Å². The van der Waals surface area contributed by atoms with Crippen LogP contribution in [0.4, 0.5) is 0 Å². The minimum absolute atomic E-state index is 0.336. The van der Waals surface area contributed by atoms with Crippen LogP contribution in [0.3, 0.4) is 0 Å². The van der Waals surface area contributed by atoms with E-state index >= 15 is 0 Å². The van der Waals surface area contributed by atoms with E-state index in [1.807, 2.05) is 19.4 Å². The maximum atomic E-state index is 4.17. The predicted octanol–water partition coefficient (Wildman–Crippen LogP) is 4.02. The molecule has 1 heterocycles. The maximum Gasteiger partial charge on any atom is 0.0362 e. The van der Waals surface area contributed by atoms with Crippen molar-refractivity contribution in [3.63, 3.8) is 0 Å². The van der Waals surface area contributed by atoms with Gasteiger partial charge in [0, 0.05) is 18.4 Å². The summed E-state index contributed by atoms with van der Waals surface area (Å²) in [5, 5.41) is 3.42. The van der Waals surface area contributed by atoms with Crippen LogP contribution >= 0.6 is 0 Å². The minimum atomic E-state index is 0.336. The van der Waals surface area contributed by atoms with Gasteiger partial charge in [-0.05, 0) is 54.6 Å². The third kappa shape index (κ3) is 3.45. The van der Waals surface area contributed by atoms with Gasteiger partial charge in [0.2, 0.25) is 0 Å². The largest absolute Gasteiger partial charge is 0.313 e. The summed E-state index contributed by atoms with van der Waals surface area (Å²) in [6.45, 7) is 6.58. The molecule has 0 aliphatic carbocycles. The Bertz CT molecular complexity index is 544. The van der Waals surface area contributed by atoms with Crippen LogP contribution in [0.2, 0.25) is 0 Å². The quantitative estimate of drug-likeness (QED) is 0.886. The molecule has 2 heteroatoms. The first-order valence-corrected chi connectivity index (χ1v) is 7.28. The minimum Gasteiger partial charge on any atom is -0.313 e. The van der Waals surface area contributed by atoms with Gasteiger partial charge in [0.05, 0.1) is 0 Å². The third-order valence-corrected chi connectivity index (χ3v) is 3.87. The molecule has 0 saturated carbocycles. The van der Waals surface area contributed by atoms with Crippen LogP contribution in [-0.4, -0.2) is 12.0 Å². The Labute approximate surface area is 122 Å². The number of likely N-dealkylation sites (N-methyl/N-ethyl adjacent to an activating group) is 1. The van der Waals surface area contributed by atoms with Crippen molar-refractivity contribution in [3.05, 3.63) is 65.0 Å². The summed E-state index contributed by atoms with van der Waals surface area (Å²) in [7, 11) is 2.02. The van der Waals surface area contributed by atoms with Crippen molar-refractivity contribution in [2.45, 2.75) is 39.2 Å². The molecule has 106 valence electrons. The van der Waals surface area contributed by atoms with Crippen molar-refractivity contribution < 1.29 is 0 Å². The Morgan fingerprint density at radius 2 is 1.80 bits per heavy atom. The Hall–Kier alpha value is -1.67. The molecule has 1 unspecified atom stereocenters. The van der Waals surface area contributed by atoms with Crippen LogP contribution in [0.15, 0.2) is 42.7 Å². The van der Waals surface area contributed by atoms with E-state index in [9.17, 15) is 0 Å². The summed E-state index contributed by atoms with van der Waals surface area (Å²) in [4.78, 5) is 4.17. The summed E-state index contributed by atoms with van der Waals surface area (Å²) in [5.41, 5.74) is 5.33. The topological polar surface area (TPSA) is 24.9 Å². The lowest BCUT2D eigenvalue weighted by Crippen LogP contribution is -2.20. The van der Waals surface area contributed by atoms with E-state index in [1.165, 1.54) is 22.3 Å². The molecule has 0 radical (unpaired) electrons. The average Bonchev–Trinajstić information content (AvgIpc) is 2.46. The van der Waals surface area contributed by atoms with E-state index in [-0.39, 0.29) is 0 Å². The Kier molecular flexibility index (Phi) is 4.91. The lowest BCUT2D eigenvalue weighted by molar-refractivity contribution is 0.588. The van der Waals surface area contributed by atoms with Crippen molar-refractivity contribution >= 4 is 0 Å². The fourth-order valence-electron chi connectivity index (χ4n) is 2.52. The van der Waals surface area contributed by atoms with E-state index in [0.29, 0.717) is 12.0 Å². The zero-order chi connectivity index (χ0) is 14.5. The van der Waals surface area contributed by atoms with E-state index in [2.05, 4.69) is 61.4 Å². The van der Waals surface area contributed by atoms with Gasteiger partial charge in [0.15, 0.2) is 0 Å². The zero-order valence-electron chi connectivity index (χ0n) is 12.9. The number of hydrogen-bond acceptors (Lipinski definition) is 2. The summed E-state index contributed by atoms with van der Waals surface area (Å²) in [6, 6.07) is 11.4. The van der Waals surface area contributed by atoms with Crippen molar-refractivity contribution in [1.29, 1.82) is 0 Å². The SMILES string of the molecule is CNC(Cc1ccc(C(C)C)cc1)c1ccncc1C. The molecule has 1 aromatic heterocycles. The molecule has 2 aromatic rings. The molecule has 0 saturated heterocycles. The van der Waals surface area contributed by atoms with Gasteiger partial charge in [-0.1, -0.05) is 38.1 Å². The standard InChI is InChI=1S/C18H24N2/c1-13(2)16-7-5-15(6-8-16)11-18(19-4)17-9-10-20-12-14(17)3/h5-10,12-13,18-19H,11H2,1-4H3. The number of rotatable bonds is 5. The lowest BCUT2D eigenvalue weighted by atomic mass is 9.95. The van der Waals surface area contributed by atoms with Crippen LogP contribution in [0.5, 0.6) is 0 Å². The molecule has 0 spiro atoms. The molecule has 1 N–H and O–H groups in total. The second-order valence-electron chi connectivity index (χ2n) is 5.67. The number of aromatic nitrogens is 1. The molecule has 1 aromatic carbocycles. The van der Waals surface area contributed by atoms with E-state index < -0.39 is 0 Å². The second-order valence-corrected chi connectivity index (χ2v) is 5.67. The van der Waals surface area contributed by atoms with Gasteiger partial charge in [-0.3, -0.25) is 4.98 Å². The van der Waals surface area contributed by atoms with Gasteiger partial charge in [-0.15, -0.1) is 0 Å². The molecule has 0 bridgehead atoms. The molecule has 20 heavy (non-hydrogen) atoms. The van der Waals surface area contributed by atoms with E-state index in [1.54, 1.807) is 0 Å². The summed E-state index contributed by atoms with van der Waals surface area (Å²) >= 11 is 0. The van der Waals surface area contributed by atoms with E-state index in [4.69, 9.17) is 0 Å². The number of benzene rings is 1. The highest BCUT2D eigenvalue weighted by Gasteiger charge is 2.12. The van der Waals surface area contributed by atoms with Gasteiger partial charge >= 0.3 is 0 Å². The normalized spacial score (nSPS) is 12.7. The molecular formula is C18H24N2. The van der Waals surface area contributed by atoms with Crippen LogP contribution < -0.4 is 5.32 Å². The maximum absolute atomic E-state index is 4.17. The second kappa shape index (κ2) is 6.67. The molecular weight excluding hydrogens is 244 g/mol. The number of hydrogen-bond donors (Lipinski definition) is 1. The molecule has 2 nitrogen and oxygen atoms in total. The van der Waals surface area contributed by atoms with Crippen molar-refractivity contribution in [1.82, 2.24) is 10.3 Å². The summed E-state index contributed by atoms with van der Waals surface area (Å²) in [5.74, 6) is 0.589. The first kappa shape index (κ1) is 14.7. The smallest absolute Gasteiger partial charge is 0.0362 e. The fraction of sp³-hybridized carbons (Fsp3) is 0.389.